The van der Waals surface area contributed by atoms with Gasteiger partial charge in [-0.2, -0.15) is 0 Å². The molecule has 0 spiro atoms. The normalized spacial score (nSPS) is 20.7. The molecule has 1 atom stereocenters. The number of carbonyl (C=O) groups excluding carboxylic acids is 1. The van der Waals surface area contributed by atoms with Crippen LogP contribution in [0, 0.1) is 5.92 Å². The van der Waals surface area contributed by atoms with Crippen molar-refractivity contribution in [1.82, 2.24) is 4.90 Å². The van der Waals surface area contributed by atoms with E-state index >= 15 is 0 Å². The Bertz CT molecular complexity index is 254. The number of carbonyl (C=O) groups is 1. The highest BCUT2D eigenvalue weighted by atomic mass is 16.7. The molecule has 0 N–H and O–H groups in total. The molecule has 0 aromatic rings. The maximum Gasteiger partial charge on any atom is 0.310 e. The molecular weight excluding hydrogens is 246 g/mol. The molecule has 1 saturated heterocycles. The van der Waals surface area contributed by atoms with Crippen LogP contribution in [0.3, 0.4) is 0 Å². The van der Waals surface area contributed by atoms with Crippen molar-refractivity contribution in [1.29, 1.82) is 0 Å². The molecule has 5 nitrogen and oxygen atoms in total. The quantitative estimate of drug-likeness (QED) is 0.497. The highest BCUT2D eigenvalue weighted by molar-refractivity contribution is 5.72. The van der Waals surface area contributed by atoms with Crippen LogP contribution in [0.25, 0.3) is 0 Å². The largest absolute Gasteiger partial charge is 0.466 e. The lowest BCUT2D eigenvalue weighted by Gasteiger charge is -2.33. The van der Waals surface area contributed by atoms with Crippen LogP contribution >= 0.6 is 0 Å². The van der Waals surface area contributed by atoms with E-state index in [1.807, 2.05) is 20.8 Å². The first-order chi connectivity index (χ1) is 9.21. The van der Waals surface area contributed by atoms with Crippen LogP contribution in [0.4, 0.5) is 0 Å². The molecule has 112 valence electrons. The fourth-order valence-electron chi connectivity index (χ4n) is 2.41. The Morgan fingerprint density at radius 2 is 1.89 bits per heavy atom. The van der Waals surface area contributed by atoms with Crippen molar-refractivity contribution in [2.24, 2.45) is 5.92 Å². The first-order valence-electron chi connectivity index (χ1n) is 7.33. The summed E-state index contributed by atoms with van der Waals surface area (Å²) < 4.78 is 16.2. The molecule has 0 amide bonds. The molecule has 0 radical (unpaired) electrons. The van der Waals surface area contributed by atoms with Crippen molar-refractivity contribution >= 4 is 5.97 Å². The lowest BCUT2D eigenvalue weighted by molar-refractivity contribution is -0.158. The van der Waals surface area contributed by atoms with Crippen molar-refractivity contribution in [3.63, 3.8) is 0 Å². The van der Waals surface area contributed by atoms with Crippen LogP contribution in [0.5, 0.6) is 0 Å². The second-order valence-corrected chi connectivity index (χ2v) is 4.69. The molecule has 1 aliphatic heterocycles. The maximum atomic E-state index is 11.8. The van der Waals surface area contributed by atoms with Crippen molar-refractivity contribution in [3.8, 4) is 0 Å². The molecule has 1 unspecified atom stereocenters. The summed E-state index contributed by atoms with van der Waals surface area (Å²) in [7, 11) is 0. The molecule has 19 heavy (non-hydrogen) atoms. The number of ether oxygens (including phenoxy) is 3. The van der Waals surface area contributed by atoms with Gasteiger partial charge in [-0.1, -0.05) is 0 Å². The topological polar surface area (TPSA) is 48.0 Å². The summed E-state index contributed by atoms with van der Waals surface area (Å²) in [5.74, 6) is -0.0748. The molecule has 1 aliphatic rings. The van der Waals surface area contributed by atoms with Crippen molar-refractivity contribution < 1.29 is 19.0 Å². The van der Waals surface area contributed by atoms with E-state index in [2.05, 4.69) is 4.90 Å². The van der Waals surface area contributed by atoms with Gasteiger partial charge < -0.3 is 14.2 Å². The van der Waals surface area contributed by atoms with Gasteiger partial charge in [0.2, 0.25) is 0 Å². The molecule has 1 fully saturated rings. The Labute approximate surface area is 116 Å². The molecule has 1 heterocycles. The first kappa shape index (κ1) is 16.4. The minimum atomic E-state index is -0.198. The average Bonchev–Trinajstić information content (AvgIpc) is 2.40. The number of rotatable bonds is 8. The highest BCUT2D eigenvalue weighted by Gasteiger charge is 2.28. The molecule has 0 aromatic carbocycles. The predicted molar refractivity (Wildman–Crippen MR) is 72.8 cm³/mol. The van der Waals surface area contributed by atoms with Gasteiger partial charge in [-0.25, -0.2) is 0 Å². The van der Waals surface area contributed by atoms with E-state index in [4.69, 9.17) is 14.2 Å². The number of likely N-dealkylation sites (tertiary alicyclic amines) is 1. The molecular formula is C14H27NO4. The zero-order valence-electron chi connectivity index (χ0n) is 12.4. The smallest absolute Gasteiger partial charge is 0.310 e. The molecule has 0 aromatic heterocycles. The number of piperidine rings is 1. The van der Waals surface area contributed by atoms with E-state index in [-0.39, 0.29) is 18.2 Å². The van der Waals surface area contributed by atoms with Crippen LogP contribution in [0.1, 0.15) is 33.6 Å². The summed E-state index contributed by atoms with van der Waals surface area (Å²) >= 11 is 0. The summed E-state index contributed by atoms with van der Waals surface area (Å²) in [5.41, 5.74) is 0. The van der Waals surface area contributed by atoms with Crippen molar-refractivity contribution in [2.45, 2.75) is 39.9 Å². The molecule has 0 aliphatic carbocycles. The van der Waals surface area contributed by atoms with E-state index in [1.165, 1.54) is 0 Å². The molecule has 5 heteroatoms. The summed E-state index contributed by atoms with van der Waals surface area (Å²) in [4.78, 5) is 14.0. The highest BCUT2D eigenvalue weighted by Crippen LogP contribution is 2.18. The first-order valence-corrected chi connectivity index (χ1v) is 7.33. The summed E-state index contributed by atoms with van der Waals surface area (Å²) in [5, 5.41) is 0. The Morgan fingerprint density at radius 3 is 2.47 bits per heavy atom. The summed E-state index contributed by atoms with van der Waals surface area (Å²) in [6.07, 6.45) is 1.74. The SMILES string of the molecule is CCOC(=O)C1CCCN(CC(OCC)OCC)C1. The van der Waals surface area contributed by atoms with Gasteiger partial charge in [-0.3, -0.25) is 9.69 Å². The number of hydrogen-bond acceptors (Lipinski definition) is 5. The van der Waals surface area contributed by atoms with Crippen LogP contribution in [-0.4, -0.2) is 56.6 Å². The zero-order valence-corrected chi connectivity index (χ0v) is 12.4. The van der Waals surface area contributed by atoms with E-state index < -0.39 is 0 Å². The maximum absolute atomic E-state index is 11.8. The second kappa shape index (κ2) is 9.28. The van der Waals surface area contributed by atoms with Crippen LogP contribution in [-0.2, 0) is 19.0 Å². The van der Waals surface area contributed by atoms with Crippen molar-refractivity contribution in [2.75, 3.05) is 39.5 Å². The van der Waals surface area contributed by atoms with Gasteiger partial charge in [0.1, 0.15) is 0 Å². The lowest BCUT2D eigenvalue weighted by Crippen LogP contribution is -2.44. The lowest BCUT2D eigenvalue weighted by atomic mass is 9.98. The third-order valence-corrected chi connectivity index (χ3v) is 3.24. The van der Waals surface area contributed by atoms with Gasteiger partial charge >= 0.3 is 5.97 Å². The Morgan fingerprint density at radius 1 is 1.21 bits per heavy atom. The van der Waals surface area contributed by atoms with E-state index in [0.717, 1.165) is 32.5 Å². The van der Waals surface area contributed by atoms with E-state index in [9.17, 15) is 4.79 Å². The van der Waals surface area contributed by atoms with Crippen LogP contribution in [0.15, 0.2) is 0 Å². The third kappa shape index (κ3) is 5.89. The molecule has 0 bridgehead atoms. The minimum absolute atomic E-state index is 0.00222. The van der Waals surface area contributed by atoms with Gasteiger partial charge in [-0.05, 0) is 40.2 Å². The van der Waals surface area contributed by atoms with Gasteiger partial charge in [0.05, 0.1) is 12.5 Å². The van der Waals surface area contributed by atoms with Gasteiger partial charge in [0.15, 0.2) is 6.29 Å². The van der Waals surface area contributed by atoms with Crippen LogP contribution in [0.2, 0.25) is 0 Å². The Balaban J connectivity index is 2.42. The zero-order chi connectivity index (χ0) is 14.1. The fourth-order valence-corrected chi connectivity index (χ4v) is 2.41. The third-order valence-electron chi connectivity index (χ3n) is 3.24. The minimum Gasteiger partial charge on any atom is -0.466 e. The predicted octanol–water partition coefficient (Wildman–Crippen LogP) is 1.66. The van der Waals surface area contributed by atoms with E-state index in [1.54, 1.807) is 0 Å². The molecule has 0 saturated carbocycles. The van der Waals surface area contributed by atoms with Gasteiger partial charge in [-0.15, -0.1) is 0 Å². The average molecular weight is 273 g/mol. The second-order valence-electron chi connectivity index (χ2n) is 4.69. The van der Waals surface area contributed by atoms with Crippen LogP contribution < -0.4 is 0 Å². The fraction of sp³-hybridized carbons (Fsp3) is 0.929. The Hall–Kier alpha value is -0.650. The Kier molecular flexibility index (Phi) is 8.02. The number of hydrogen-bond donors (Lipinski definition) is 0. The van der Waals surface area contributed by atoms with Gasteiger partial charge in [0.25, 0.3) is 0 Å². The van der Waals surface area contributed by atoms with Gasteiger partial charge in [0, 0.05) is 26.3 Å². The summed E-state index contributed by atoms with van der Waals surface area (Å²) in [6.45, 7) is 9.96. The van der Waals surface area contributed by atoms with Crippen molar-refractivity contribution in [3.05, 3.63) is 0 Å². The summed E-state index contributed by atoms with van der Waals surface area (Å²) in [6, 6.07) is 0. The number of esters is 1. The van der Waals surface area contributed by atoms with E-state index in [0.29, 0.717) is 19.8 Å². The standard InChI is InChI=1S/C14H27NO4/c1-4-17-13(18-5-2)11-15-9-7-8-12(10-15)14(16)19-6-3/h12-13H,4-11H2,1-3H3. The molecule has 1 rings (SSSR count). The number of nitrogens with zero attached hydrogens (tertiary/aromatic N) is 1. The monoisotopic (exact) mass is 273 g/mol.